The minimum Gasteiger partial charge on any atom is -0.508 e. The summed E-state index contributed by atoms with van der Waals surface area (Å²) in [6.45, 7) is 7.28. The van der Waals surface area contributed by atoms with Crippen molar-refractivity contribution in [3.05, 3.63) is 81.7 Å². The highest BCUT2D eigenvalue weighted by Gasteiger charge is 2.22. The molecule has 4 saturated carbocycles. The molecule has 0 radical (unpaired) electrons. The van der Waals surface area contributed by atoms with Crippen molar-refractivity contribution in [2.45, 2.75) is 261 Å². The lowest BCUT2D eigenvalue weighted by Gasteiger charge is -2.22. The number of ketones is 2. The number of aromatic nitrogens is 8. The van der Waals surface area contributed by atoms with E-state index in [4.69, 9.17) is 129 Å². The summed E-state index contributed by atoms with van der Waals surface area (Å²) in [5.41, 5.74) is 4.26. The number of rotatable bonds is 20. The predicted octanol–water partition coefficient (Wildman–Crippen LogP) is 13.3. The second-order valence-corrected chi connectivity index (χ2v) is 20.2. The maximum absolute atomic E-state index is 12.0. The monoisotopic (exact) mass is 1350 g/mol. The lowest BCUT2D eigenvalue weighted by molar-refractivity contribution is -0.122. The SMILES string of the molecule is O=C1CCc2cc(O)ccc2C1.O=S(=O)(O)O.[2H]C1([2H])C([2H])([2H])C([2H])([2H])C([2H])(NC(=O)CCCCCl)C([2H])([2H])C1([2H])[2H].[2H]C1([2H])C([2H])([2H])C([2H])([2H])C([2H])(O)C([2H])([2H])C1([2H])[2H].[2H]C1([2H])C([2H])([2H])C([2H])([2H])C([2H])(n2nnnc2CCCCCl)C([2H])([2H])C1([2H])[2H].[2H]C1([2H])C([2H])([2H])C([2H])([2H])C([2H])(n2nnnc2CCCCOc2ccc3c(c2)CCC(=O)C3)C([2H])([2H])C1([2H])[2H].[C-]#[N+]CCCCCl. The molecule has 0 bridgehead atoms. The van der Waals surface area contributed by atoms with Gasteiger partial charge in [0.1, 0.15) is 23.1 Å². The van der Waals surface area contributed by atoms with Crippen LogP contribution in [0.2, 0.25) is 0 Å². The number of aryl methyl sites for hydroxylation is 4. The highest BCUT2D eigenvalue weighted by atomic mass is 35.5. The number of halogens is 3. The molecule has 2 aromatic carbocycles. The molecule has 4 aromatic rings. The number of amides is 1. The number of fused-ring (bicyclic) bond motifs is 2. The van der Waals surface area contributed by atoms with Crippen LogP contribution in [0.1, 0.15) is 304 Å². The minimum absolute atomic E-state index is 0.0222. The van der Waals surface area contributed by atoms with Crippen LogP contribution in [0.15, 0.2) is 36.4 Å². The van der Waals surface area contributed by atoms with Gasteiger partial charge in [-0.2, -0.15) is 8.42 Å². The summed E-state index contributed by atoms with van der Waals surface area (Å²) in [5.74, 6) is 1.44. The molecule has 20 nitrogen and oxygen atoms in total. The Morgan fingerprint density at radius 3 is 1.60 bits per heavy atom. The molecule has 6 aliphatic rings. The van der Waals surface area contributed by atoms with E-state index < -0.39 is 168 Å². The van der Waals surface area contributed by atoms with E-state index in [2.05, 4.69) is 35.9 Å². The Bertz CT molecular complexity index is 4650. The average molecular weight is 1350 g/mol. The number of aliphatic hydroxyl groups is 1. The van der Waals surface area contributed by atoms with Crippen molar-refractivity contribution in [1.29, 1.82) is 0 Å². The summed E-state index contributed by atoms with van der Waals surface area (Å²) in [4.78, 5) is 37.8. The molecule has 5 N–H and O–H groups in total. The number of unbranched alkanes of at least 4 members (excludes halogenated alkanes) is 4. The van der Waals surface area contributed by atoms with Crippen LogP contribution in [-0.2, 0) is 63.3 Å². The largest absolute Gasteiger partial charge is 0.508 e. The number of aromatic hydroxyl groups is 1. The number of phenols is 1. The van der Waals surface area contributed by atoms with Crippen molar-refractivity contribution in [3.63, 3.8) is 0 Å². The first kappa shape index (κ1) is 33.1. The normalized spacial score (nSPS) is 37.3. The van der Waals surface area contributed by atoms with Crippen molar-refractivity contribution in [2.24, 2.45) is 0 Å². The van der Waals surface area contributed by atoms with Crippen molar-refractivity contribution in [1.82, 2.24) is 45.7 Å². The number of hydrogen-bond donors (Lipinski definition) is 5. The highest BCUT2D eigenvalue weighted by molar-refractivity contribution is 7.79. The number of ether oxygens (including phenoxy) is 1. The number of carbonyl (C=O) groups is 3. The third kappa shape index (κ3) is 33.3. The number of benzene rings is 2. The molecular formula is C64H99Cl3N10O10S. The number of phenolic OH excluding ortho intramolecular Hbond substituents is 1. The van der Waals surface area contributed by atoms with Gasteiger partial charge >= 0.3 is 10.4 Å². The number of hydrogen-bond acceptors (Lipinski definition) is 14. The first-order valence-electron chi connectivity index (χ1n) is 49.0. The summed E-state index contributed by atoms with van der Waals surface area (Å²) >= 11 is 16.4. The van der Waals surface area contributed by atoms with Crippen LogP contribution in [0.4, 0.5) is 0 Å². The fourth-order valence-corrected chi connectivity index (χ4v) is 7.98. The molecule has 10 rings (SSSR count). The van der Waals surface area contributed by atoms with Gasteiger partial charge in [-0.1, -0.05) is 88.6 Å². The lowest BCUT2D eigenvalue weighted by atomic mass is 9.91. The van der Waals surface area contributed by atoms with Gasteiger partial charge in [0.15, 0.2) is 11.6 Å². The molecule has 1 amide bonds. The van der Waals surface area contributed by atoms with Gasteiger partial charge in [-0.25, -0.2) is 15.9 Å². The molecule has 0 unspecified atom stereocenters. The quantitative estimate of drug-likeness (QED) is 0.0238. The molecule has 0 aliphatic heterocycles. The smallest absolute Gasteiger partial charge is 0.394 e. The maximum Gasteiger partial charge on any atom is 0.394 e. The van der Waals surface area contributed by atoms with E-state index in [0.717, 1.165) is 41.5 Å². The third-order valence-electron chi connectivity index (χ3n) is 11.5. The standard InChI is InChI=1S/C21H28N4O2.C11H19ClN4.C11H20ClNO.C10H10O2.C6H12O.C5H8ClN.H2O4S/c26-19-11-9-17-15-20(12-10-16(17)14-19)27-13-5-4-8-21-22-23-24-25(21)18-6-2-1-3-7-18;12-9-5-4-8-11-13-14-15-16(11)10-6-2-1-3-7-10;12-9-5-4-8-11(14)13-10-6-2-1-3-7-10;11-9-3-1-7-5-10(12)4-2-8(7)6-9;7-6-4-2-1-3-5-6;1-7-5-3-2-4-6;1-5(2,3)4/h10,12,15,18H,1-9,11,13-14H2;10H,1-9H2;10H,1-9H2,(H,13,14);1,3,6,11H,2,4-5H2;6-7H,1-5H2;2-5H2;(H2,1,2,3,4)/i1D2,2D2,3D2,6D2,7D2,18D;2*1D2,2D2,3D2,6D2,7D2,10D;;1D2,2D2,3D2,4D2,5D2,6D;;. The Kier molecular flexibility index (Phi) is 17.1. The summed E-state index contributed by atoms with van der Waals surface area (Å²) < 4.78 is 384. The van der Waals surface area contributed by atoms with Crippen LogP contribution in [0.25, 0.3) is 4.85 Å². The highest BCUT2D eigenvalue weighted by Crippen LogP contribution is 2.30. The Morgan fingerprint density at radius 1 is 0.636 bits per heavy atom. The number of alkyl halides is 3. The Morgan fingerprint density at radius 2 is 1.09 bits per heavy atom. The number of carbonyl (C=O) groups excluding carboxylic acids is 3. The molecule has 4 fully saturated rings. The van der Waals surface area contributed by atoms with Crippen LogP contribution in [0.3, 0.4) is 0 Å². The average Bonchev–Trinajstić information content (AvgIpc) is 0.891. The van der Waals surface area contributed by atoms with E-state index in [0.29, 0.717) is 109 Å². The van der Waals surface area contributed by atoms with Gasteiger partial charge < -0.3 is 25.1 Å². The molecule has 0 saturated heterocycles. The molecular weight excluding hydrogens is 1210 g/mol. The number of tetrazole rings is 2. The van der Waals surface area contributed by atoms with Crippen LogP contribution in [-0.4, -0.2) is 129 Å². The predicted molar refractivity (Wildman–Crippen MR) is 345 cm³/mol. The Hall–Kier alpha value is -4.82. The van der Waals surface area contributed by atoms with Gasteiger partial charge in [0.05, 0.1) is 30.2 Å². The summed E-state index contributed by atoms with van der Waals surface area (Å²) in [7, 11) is -4.67. The van der Waals surface area contributed by atoms with Gasteiger partial charge in [-0.3, -0.25) is 23.5 Å². The van der Waals surface area contributed by atoms with Gasteiger partial charge in [0.25, 0.3) is 0 Å². The van der Waals surface area contributed by atoms with Gasteiger partial charge in [-0.15, -0.1) is 45.0 Å². The fraction of sp³-hybridized carbons (Fsp3) is 0.719. The van der Waals surface area contributed by atoms with E-state index in [1.165, 1.54) is 0 Å². The molecule has 88 heavy (non-hydrogen) atoms. The summed E-state index contributed by atoms with van der Waals surface area (Å²) in [6.07, 6.45) is -67.7. The van der Waals surface area contributed by atoms with Crippen molar-refractivity contribution < 1.29 is 107 Å². The maximum atomic E-state index is 12.0. The van der Waals surface area contributed by atoms with Crippen LogP contribution < -0.4 is 10.1 Å². The Labute approximate surface area is 600 Å². The lowest BCUT2D eigenvalue weighted by Crippen LogP contribution is -2.35. The summed E-state index contributed by atoms with van der Waals surface area (Å²) in [6, 6.07) is 0.694. The zero-order chi connectivity index (χ0) is 103. The van der Waals surface area contributed by atoms with E-state index in [-0.39, 0.29) is 55.6 Å². The molecule has 0 spiro atoms. The van der Waals surface area contributed by atoms with Gasteiger partial charge in [0.2, 0.25) is 12.5 Å². The summed E-state index contributed by atoms with van der Waals surface area (Å²) in [5, 5.41) is 41.7. The molecule has 2 heterocycles. The van der Waals surface area contributed by atoms with Crippen LogP contribution in [0, 0.1) is 6.57 Å². The topological polar surface area (TPSA) is 279 Å². The molecule has 24 heteroatoms. The first-order chi connectivity index (χ1) is 59.1. The van der Waals surface area contributed by atoms with Crippen molar-refractivity contribution >= 4 is 62.7 Å². The number of nitrogens with one attached hydrogen (secondary N) is 1. The van der Waals surface area contributed by atoms with Crippen LogP contribution >= 0.6 is 34.8 Å². The van der Waals surface area contributed by atoms with Crippen molar-refractivity contribution in [3.8, 4) is 11.5 Å². The zero-order valence-corrected chi connectivity index (χ0v) is 50.4. The molecule has 0 atom stereocenters. The van der Waals surface area contributed by atoms with E-state index >= 15 is 0 Å². The second kappa shape index (κ2) is 45.4. The minimum atomic E-state index is -4.67. The first-order valence-corrected chi connectivity index (χ1v) is 30.0. The number of nitrogens with zero attached hydrogens (tertiary/aromatic N) is 9. The second-order valence-electron chi connectivity index (χ2n) is 18.1. The van der Waals surface area contributed by atoms with E-state index in [1.807, 2.05) is 18.2 Å². The fourth-order valence-electron chi connectivity index (χ4n) is 7.41. The third-order valence-corrected chi connectivity index (χ3v) is 12.3. The molecule has 6 aliphatic carbocycles. The van der Waals surface area contributed by atoms with Gasteiger partial charge in [-0.05, 0) is 176 Å². The van der Waals surface area contributed by atoms with E-state index in [9.17, 15) is 19.5 Å². The van der Waals surface area contributed by atoms with Crippen molar-refractivity contribution in [2.75, 3.05) is 30.8 Å². The number of Topliss-reactive ketones (excluding diaryl/α,β-unsaturated/α-hetero) is 2. The zero-order valence-electron chi connectivity index (χ0n) is 91.3. The Balaban J connectivity index is 0.000000346. The molecule has 492 valence electrons. The van der Waals surface area contributed by atoms with E-state index in [1.54, 1.807) is 23.5 Å². The van der Waals surface area contributed by atoms with Gasteiger partial charge in [0, 0.05) is 130 Å². The van der Waals surface area contributed by atoms with Crippen LogP contribution in [0.5, 0.6) is 11.5 Å². The molecule has 2 aromatic heterocycles.